The van der Waals surface area contributed by atoms with Crippen LogP contribution in [0.4, 0.5) is 0 Å². The van der Waals surface area contributed by atoms with E-state index in [0.717, 1.165) is 38.9 Å². The van der Waals surface area contributed by atoms with Crippen LogP contribution >= 0.6 is 11.3 Å². The largest absolute Gasteiger partial charge is 0.265 e. The van der Waals surface area contributed by atoms with Crippen LogP contribution in [-0.2, 0) is 0 Å². The summed E-state index contributed by atoms with van der Waals surface area (Å²) in [5.74, 6) is 1.98. The Labute approximate surface area is 253 Å². The van der Waals surface area contributed by atoms with Gasteiger partial charge in [-0.2, -0.15) is 0 Å². The second-order valence-corrected chi connectivity index (χ2v) is 11.4. The van der Waals surface area contributed by atoms with Crippen LogP contribution in [0.3, 0.4) is 0 Å². The van der Waals surface area contributed by atoms with Crippen molar-refractivity contribution in [1.82, 2.24) is 19.9 Å². The first-order valence-electron chi connectivity index (χ1n) is 14.1. The predicted octanol–water partition coefficient (Wildman–Crippen LogP) is 9.97. The molecule has 5 heteroatoms. The fraction of sp³-hybridized carbons (Fsp3) is 0. The van der Waals surface area contributed by atoms with Crippen LogP contribution in [0.1, 0.15) is 0 Å². The maximum absolute atomic E-state index is 5.10. The van der Waals surface area contributed by atoms with Gasteiger partial charge in [0.05, 0.1) is 0 Å². The lowest BCUT2D eigenvalue weighted by Gasteiger charge is -2.12. The monoisotopic (exact) mass is 568 g/mol. The zero-order valence-electron chi connectivity index (χ0n) is 23.1. The van der Waals surface area contributed by atoms with E-state index in [0.29, 0.717) is 17.5 Å². The third-order valence-electron chi connectivity index (χ3n) is 7.63. The van der Waals surface area contributed by atoms with E-state index in [9.17, 15) is 0 Å². The van der Waals surface area contributed by atoms with Crippen LogP contribution in [0.5, 0.6) is 0 Å². The molecule has 0 amide bonds. The highest BCUT2D eigenvalue weighted by Crippen LogP contribution is 2.42. The highest BCUT2D eigenvalue weighted by molar-refractivity contribution is 7.26. The van der Waals surface area contributed by atoms with E-state index in [2.05, 4.69) is 65.6 Å². The van der Waals surface area contributed by atoms with Crippen LogP contribution in [-0.4, -0.2) is 19.9 Å². The third-order valence-corrected chi connectivity index (χ3v) is 8.85. The van der Waals surface area contributed by atoms with Gasteiger partial charge in [-0.05, 0) is 58.7 Å². The van der Waals surface area contributed by atoms with Gasteiger partial charge in [-0.25, -0.2) is 15.0 Å². The SMILES string of the molecule is c1ccc(-c2nc(-c3ccccc3)nc(-c3cc(-c4cccc(-c5ccncc5)c4)cc4c3sc3ccccc34)n2)cc1. The van der Waals surface area contributed by atoms with Gasteiger partial charge in [0.2, 0.25) is 0 Å². The number of hydrogen-bond acceptors (Lipinski definition) is 5. The Hall–Kier alpha value is -5.52. The molecule has 0 spiro atoms. The molecular weight excluding hydrogens is 545 g/mol. The molecule has 0 aliphatic heterocycles. The number of thiophene rings is 1. The Morgan fingerprint density at radius 2 is 0.977 bits per heavy atom. The second-order valence-electron chi connectivity index (χ2n) is 10.4. The molecular formula is C38H24N4S. The molecule has 3 heterocycles. The predicted molar refractivity (Wildman–Crippen MR) is 178 cm³/mol. The molecule has 0 aliphatic rings. The molecule has 202 valence electrons. The summed E-state index contributed by atoms with van der Waals surface area (Å²) in [5, 5.41) is 2.43. The molecule has 43 heavy (non-hydrogen) atoms. The van der Waals surface area contributed by atoms with E-state index in [1.54, 1.807) is 11.3 Å². The van der Waals surface area contributed by atoms with E-state index in [1.807, 2.05) is 85.2 Å². The standard InChI is InChI=1S/C38H24N4S/c1-3-10-26(11-4-1)36-40-37(27-12-5-2-6-13-27)42-38(41-36)33-24-30(23-32-31-16-7-8-17-34(31)43-35(32)33)29-15-9-14-28(22-29)25-18-20-39-21-19-25/h1-24H. The fourth-order valence-electron chi connectivity index (χ4n) is 5.51. The van der Waals surface area contributed by atoms with Gasteiger partial charge in [0.15, 0.2) is 17.5 Å². The molecule has 8 rings (SSSR count). The van der Waals surface area contributed by atoms with Gasteiger partial charge in [-0.15, -0.1) is 11.3 Å². The smallest absolute Gasteiger partial charge is 0.165 e. The van der Waals surface area contributed by atoms with Gasteiger partial charge in [-0.3, -0.25) is 4.98 Å². The molecule has 0 atom stereocenters. The van der Waals surface area contributed by atoms with Gasteiger partial charge in [0, 0.05) is 49.3 Å². The first-order valence-corrected chi connectivity index (χ1v) is 15.0. The van der Waals surface area contributed by atoms with E-state index < -0.39 is 0 Å². The van der Waals surface area contributed by atoms with E-state index in [-0.39, 0.29) is 0 Å². The van der Waals surface area contributed by atoms with Crippen molar-refractivity contribution < 1.29 is 0 Å². The Kier molecular flexibility index (Phi) is 6.28. The Morgan fingerprint density at radius 1 is 0.395 bits per heavy atom. The summed E-state index contributed by atoms with van der Waals surface area (Å²) in [6.07, 6.45) is 3.66. The summed E-state index contributed by atoms with van der Waals surface area (Å²) in [5.41, 5.74) is 7.44. The molecule has 5 aromatic carbocycles. The molecule has 0 N–H and O–H groups in total. The van der Waals surface area contributed by atoms with Gasteiger partial charge >= 0.3 is 0 Å². The molecule has 3 aromatic heterocycles. The van der Waals surface area contributed by atoms with E-state index in [4.69, 9.17) is 15.0 Å². The van der Waals surface area contributed by atoms with Crippen LogP contribution < -0.4 is 0 Å². The number of pyridine rings is 1. The van der Waals surface area contributed by atoms with Crippen LogP contribution in [0.15, 0.2) is 146 Å². The fourth-order valence-corrected chi connectivity index (χ4v) is 6.70. The summed E-state index contributed by atoms with van der Waals surface area (Å²) in [7, 11) is 0. The van der Waals surface area contributed by atoms with Crippen molar-refractivity contribution in [1.29, 1.82) is 0 Å². The first-order chi connectivity index (χ1) is 21.3. The molecule has 0 saturated heterocycles. The summed E-state index contributed by atoms with van der Waals surface area (Å²) < 4.78 is 2.40. The summed E-state index contributed by atoms with van der Waals surface area (Å²) in [4.78, 5) is 19.3. The van der Waals surface area contributed by atoms with Crippen molar-refractivity contribution in [3.8, 4) is 56.4 Å². The number of rotatable bonds is 5. The molecule has 8 aromatic rings. The van der Waals surface area contributed by atoms with Gasteiger partial charge in [-0.1, -0.05) is 97.1 Å². The maximum Gasteiger partial charge on any atom is 0.165 e. The minimum atomic E-state index is 0.656. The Bertz CT molecular complexity index is 2170. The first kappa shape index (κ1) is 25.2. The van der Waals surface area contributed by atoms with Crippen molar-refractivity contribution in [2.45, 2.75) is 0 Å². The summed E-state index contributed by atoms with van der Waals surface area (Å²) in [6, 6.07) is 46.2. The van der Waals surface area contributed by atoms with Gasteiger partial charge in [0.25, 0.3) is 0 Å². The second kappa shape index (κ2) is 10.7. The lowest BCUT2D eigenvalue weighted by molar-refractivity contribution is 1.08. The molecule has 4 nitrogen and oxygen atoms in total. The van der Waals surface area contributed by atoms with Crippen molar-refractivity contribution in [3.63, 3.8) is 0 Å². The topological polar surface area (TPSA) is 51.6 Å². The normalized spacial score (nSPS) is 11.3. The summed E-state index contributed by atoms with van der Waals surface area (Å²) in [6.45, 7) is 0. The van der Waals surface area contributed by atoms with E-state index >= 15 is 0 Å². The maximum atomic E-state index is 5.10. The van der Waals surface area contributed by atoms with Crippen LogP contribution in [0.2, 0.25) is 0 Å². The molecule has 0 saturated carbocycles. The van der Waals surface area contributed by atoms with Gasteiger partial charge in [0.1, 0.15) is 0 Å². The zero-order chi connectivity index (χ0) is 28.6. The van der Waals surface area contributed by atoms with Crippen molar-refractivity contribution >= 4 is 31.5 Å². The lowest BCUT2D eigenvalue weighted by atomic mass is 9.96. The highest BCUT2D eigenvalue weighted by atomic mass is 32.1. The van der Waals surface area contributed by atoms with E-state index in [1.165, 1.54) is 20.2 Å². The molecule has 0 radical (unpaired) electrons. The average molecular weight is 569 g/mol. The highest BCUT2D eigenvalue weighted by Gasteiger charge is 2.18. The third kappa shape index (κ3) is 4.76. The summed E-state index contributed by atoms with van der Waals surface area (Å²) >= 11 is 1.78. The zero-order valence-corrected chi connectivity index (χ0v) is 23.9. The Morgan fingerprint density at radius 3 is 1.67 bits per heavy atom. The van der Waals surface area contributed by atoms with Crippen molar-refractivity contribution in [2.75, 3.05) is 0 Å². The van der Waals surface area contributed by atoms with Crippen molar-refractivity contribution in [3.05, 3.63) is 146 Å². The minimum absolute atomic E-state index is 0.656. The van der Waals surface area contributed by atoms with Gasteiger partial charge < -0.3 is 0 Å². The van der Waals surface area contributed by atoms with Crippen LogP contribution in [0, 0.1) is 0 Å². The van der Waals surface area contributed by atoms with Crippen LogP contribution in [0.25, 0.3) is 76.6 Å². The van der Waals surface area contributed by atoms with Crippen molar-refractivity contribution in [2.24, 2.45) is 0 Å². The Balaban J connectivity index is 1.40. The molecule has 0 bridgehead atoms. The molecule has 0 aliphatic carbocycles. The number of fused-ring (bicyclic) bond motifs is 3. The minimum Gasteiger partial charge on any atom is -0.265 e. The molecule has 0 unspecified atom stereocenters. The average Bonchev–Trinajstić information content (AvgIpc) is 3.48. The number of hydrogen-bond donors (Lipinski definition) is 0. The quantitative estimate of drug-likeness (QED) is 0.207. The molecule has 0 fully saturated rings. The number of nitrogens with zero attached hydrogens (tertiary/aromatic N) is 4. The number of benzene rings is 5. The number of aromatic nitrogens is 4. The lowest BCUT2D eigenvalue weighted by Crippen LogP contribution is -2.00.